The van der Waals surface area contributed by atoms with Gasteiger partial charge in [-0.25, -0.2) is 0 Å². The number of carbonyl (C=O) groups is 1. The van der Waals surface area contributed by atoms with Crippen LogP contribution in [-0.2, 0) is 0 Å². The van der Waals surface area contributed by atoms with Crippen LogP contribution in [0, 0.1) is 25.7 Å². The first kappa shape index (κ1) is 15.1. The fourth-order valence-corrected chi connectivity index (χ4v) is 3.04. The molecule has 0 spiro atoms. The maximum absolute atomic E-state index is 12.8. The fraction of sp³-hybridized carbons (Fsp3) is 0.562. The zero-order chi connectivity index (χ0) is 14.9. The summed E-state index contributed by atoms with van der Waals surface area (Å²) in [5.41, 5.74) is 2.48. The van der Waals surface area contributed by atoms with Crippen LogP contribution in [0.25, 0.3) is 0 Å². The molecule has 0 radical (unpaired) electrons. The van der Waals surface area contributed by atoms with Gasteiger partial charge in [-0.3, -0.25) is 4.79 Å². The Labute approximate surface area is 117 Å². The minimum atomic E-state index is -4.18. The van der Waals surface area contributed by atoms with Gasteiger partial charge < -0.3 is 0 Å². The molecule has 20 heavy (non-hydrogen) atoms. The summed E-state index contributed by atoms with van der Waals surface area (Å²) in [6.07, 6.45) is -3.04. The number of carbonyl (C=O) groups excluding carboxylic acids is 1. The highest BCUT2D eigenvalue weighted by atomic mass is 19.4. The van der Waals surface area contributed by atoms with Crippen molar-refractivity contribution in [3.63, 3.8) is 0 Å². The fourth-order valence-electron chi connectivity index (χ4n) is 3.04. The van der Waals surface area contributed by atoms with Crippen LogP contribution >= 0.6 is 0 Å². The van der Waals surface area contributed by atoms with Gasteiger partial charge in [0, 0.05) is 11.5 Å². The lowest BCUT2D eigenvalue weighted by Crippen LogP contribution is -2.32. The molecular weight excluding hydrogens is 265 g/mol. The van der Waals surface area contributed by atoms with Crippen molar-refractivity contribution in [1.29, 1.82) is 0 Å². The number of rotatable bonds is 2. The first-order valence-electron chi connectivity index (χ1n) is 6.97. The van der Waals surface area contributed by atoms with Crippen LogP contribution in [0.5, 0.6) is 0 Å². The first-order chi connectivity index (χ1) is 9.29. The van der Waals surface area contributed by atoms with E-state index in [1.165, 1.54) is 0 Å². The van der Waals surface area contributed by atoms with Gasteiger partial charge in [0.05, 0.1) is 5.92 Å². The third kappa shape index (κ3) is 3.22. The van der Waals surface area contributed by atoms with Gasteiger partial charge in [0.2, 0.25) is 0 Å². The second kappa shape index (κ2) is 5.58. The summed E-state index contributed by atoms with van der Waals surface area (Å²) in [6, 6.07) is 5.48. The summed E-state index contributed by atoms with van der Waals surface area (Å²) in [7, 11) is 0. The van der Waals surface area contributed by atoms with E-state index in [1.807, 2.05) is 26.0 Å². The molecule has 0 aromatic heterocycles. The third-order valence-corrected chi connectivity index (χ3v) is 4.16. The number of ketones is 1. The van der Waals surface area contributed by atoms with Gasteiger partial charge in [-0.2, -0.15) is 13.2 Å². The van der Waals surface area contributed by atoms with E-state index in [0.29, 0.717) is 18.4 Å². The molecule has 1 aliphatic carbocycles. The molecule has 110 valence electrons. The van der Waals surface area contributed by atoms with E-state index >= 15 is 0 Å². The highest BCUT2D eigenvalue weighted by Gasteiger charge is 2.43. The molecule has 1 aliphatic rings. The van der Waals surface area contributed by atoms with Crippen molar-refractivity contribution in [3.8, 4) is 0 Å². The van der Waals surface area contributed by atoms with Gasteiger partial charge in [0.25, 0.3) is 0 Å². The Kier molecular flexibility index (Phi) is 4.21. The number of benzene rings is 1. The van der Waals surface area contributed by atoms with E-state index in [2.05, 4.69) is 0 Å². The maximum atomic E-state index is 12.8. The highest BCUT2D eigenvalue weighted by molar-refractivity contribution is 5.99. The minimum absolute atomic E-state index is 0.0599. The summed E-state index contributed by atoms with van der Waals surface area (Å²) in [5.74, 6) is -1.94. The van der Waals surface area contributed by atoms with E-state index in [4.69, 9.17) is 0 Å². The van der Waals surface area contributed by atoms with E-state index in [9.17, 15) is 18.0 Å². The van der Waals surface area contributed by atoms with E-state index in [1.54, 1.807) is 6.07 Å². The van der Waals surface area contributed by atoms with Crippen molar-refractivity contribution < 1.29 is 18.0 Å². The Hall–Kier alpha value is -1.32. The van der Waals surface area contributed by atoms with Crippen molar-refractivity contribution in [2.24, 2.45) is 11.8 Å². The predicted octanol–water partition coefficient (Wildman–Crippen LogP) is 4.85. The molecule has 1 aromatic rings. The molecule has 0 bridgehead atoms. The first-order valence-corrected chi connectivity index (χ1v) is 6.97. The average Bonchev–Trinajstić information content (AvgIpc) is 2.37. The van der Waals surface area contributed by atoms with Gasteiger partial charge in [0.15, 0.2) is 5.78 Å². The van der Waals surface area contributed by atoms with Crippen molar-refractivity contribution >= 4 is 5.78 Å². The summed E-state index contributed by atoms with van der Waals surface area (Å²) < 4.78 is 38.4. The minimum Gasteiger partial charge on any atom is -0.294 e. The average molecular weight is 284 g/mol. The number of Topliss-reactive ketones (excluding diaryl/α,β-unsaturated/α-hetero) is 1. The smallest absolute Gasteiger partial charge is 0.294 e. The van der Waals surface area contributed by atoms with Crippen molar-refractivity contribution in [2.45, 2.75) is 45.7 Å². The Bertz CT molecular complexity index is 505. The van der Waals surface area contributed by atoms with Crippen LogP contribution < -0.4 is 0 Å². The lowest BCUT2D eigenvalue weighted by atomic mass is 9.77. The molecule has 0 saturated heterocycles. The molecular formula is C16H19F3O. The molecule has 1 saturated carbocycles. The van der Waals surface area contributed by atoms with Crippen LogP contribution in [-0.4, -0.2) is 12.0 Å². The number of hydrogen-bond donors (Lipinski definition) is 0. The second-order valence-corrected chi connectivity index (χ2v) is 5.78. The van der Waals surface area contributed by atoms with Gasteiger partial charge in [-0.15, -0.1) is 0 Å². The molecule has 0 N–H and O–H groups in total. The topological polar surface area (TPSA) is 17.1 Å². The molecule has 1 aromatic carbocycles. The Morgan fingerprint density at radius 1 is 1.20 bits per heavy atom. The second-order valence-electron chi connectivity index (χ2n) is 5.78. The molecule has 1 nitrogen and oxygen atoms in total. The lowest BCUT2D eigenvalue weighted by molar-refractivity contribution is -0.184. The van der Waals surface area contributed by atoms with Crippen LogP contribution in [0.15, 0.2) is 18.2 Å². The van der Waals surface area contributed by atoms with Crippen LogP contribution in [0.1, 0.15) is 47.2 Å². The Morgan fingerprint density at radius 2 is 1.90 bits per heavy atom. The molecule has 1 fully saturated rings. The molecule has 2 rings (SSSR count). The normalized spacial score (nSPS) is 23.6. The Balaban J connectivity index is 2.16. The van der Waals surface area contributed by atoms with E-state index in [-0.39, 0.29) is 18.6 Å². The highest BCUT2D eigenvalue weighted by Crippen LogP contribution is 2.41. The summed E-state index contributed by atoms with van der Waals surface area (Å²) >= 11 is 0. The molecule has 2 atom stereocenters. The third-order valence-electron chi connectivity index (χ3n) is 4.16. The maximum Gasteiger partial charge on any atom is 0.391 e. The van der Waals surface area contributed by atoms with Crippen LogP contribution in [0.3, 0.4) is 0 Å². The predicted molar refractivity (Wildman–Crippen MR) is 71.7 cm³/mol. The summed E-state index contributed by atoms with van der Waals surface area (Å²) in [4.78, 5) is 12.4. The zero-order valence-electron chi connectivity index (χ0n) is 11.8. The number of alkyl halides is 3. The molecule has 2 unspecified atom stereocenters. The van der Waals surface area contributed by atoms with Crippen molar-refractivity contribution in [3.05, 3.63) is 34.9 Å². The van der Waals surface area contributed by atoms with Gasteiger partial charge in [-0.1, -0.05) is 30.2 Å². The summed E-state index contributed by atoms with van der Waals surface area (Å²) in [5, 5.41) is 0. The van der Waals surface area contributed by atoms with Gasteiger partial charge in [0.1, 0.15) is 0 Å². The SMILES string of the molecule is Cc1ccc(C(=O)C2CCCC(C(F)(F)F)C2)c(C)c1. The molecule has 0 heterocycles. The van der Waals surface area contributed by atoms with Gasteiger partial charge in [-0.05, 0) is 38.7 Å². The zero-order valence-corrected chi connectivity index (χ0v) is 11.8. The van der Waals surface area contributed by atoms with Crippen LogP contribution in [0.4, 0.5) is 13.2 Å². The summed E-state index contributed by atoms with van der Waals surface area (Å²) in [6.45, 7) is 3.77. The van der Waals surface area contributed by atoms with Crippen LogP contribution in [0.2, 0.25) is 0 Å². The monoisotopic (exact) mass is 284 g/mol. The number of halogens is 3. The molecule has 4 heteroatoms. The Morgan fingerprint density at radius 3 is 2.50 bits per heavy atom. The number of aryl methyl sites for hydroxylation is 2. The standard InChI is InChI=1S/C16H19F3O/c1-10-6-7-14(11(2)8-10)15(20)12-4-3-5-13(9-12)16(17,18)19/h6-8,12-13H,3-5,9H2,1-2H3. The van der Waals surface area contributed by atoms with Crippen molar-refractivity contribution in [2.75, 3.05) is 0 Å². The lowest BCUT2D eigenvalue weighted by Gasteiger charge is -2.30. The van der Waals surface area contributed by atoms with E-state index < -0.39 is 18.0 Å². The number of hydrogen-bond acceptors (Lipinski definition) is 1. The quantitative estimate of drug-likeness (QED) is 0.709. The molecule has 0 aliphatic heterocycles. The largest absolute Gasteiger partial charge is 0.391 e. The van der Waals surface area contributed by atoms with Crippen molar-refractivity contribution in [1.82, 2.24) is 0 Å². The van der Waals surface area contributed by atoms with E-state index in [0.717, 1.165) is 11.1 Å². The van der Waals surface area contributed by atoms with Gasteiger partial charge >= 0.3 is 6.18 Å². The molecule has 0 amide bonds.